The Morgan fingerprint density at radius 1 is 1.62 bits per heavy atom. The van der Waals surface area contributed by atoms with E-state index in [0.29, 0.717) is 11.3 Å². The van der Waals surface area contributed by atoms with Crippen LogP contribution in [0.4, 0.5) is 0 Å². The second-order valence-corrected chi connectivity index (χ2v) is 2.81. The van der Waals surface area contributed by atoms with Crippen molar-refractivity contribution in [3.63, 3.8) is 0 Å². The number of hydrogen-bond donors (Lipinski definition) is 1. The van der Waals surface area contributed by atoms with Crippen LogP contribution in [0.15, 0.2) is 15.3 Å². The van der Waals surface area contributed by atoms with E-state index in [0.717, 1.165) is 0 Å². The van der Waals surface area contributed by atoms with E-state index in [1.165, 1.54) is 20.1 Å². The summed E-state index contributed by atoms with van der Waals surface area (Å²) in [6.45, 7) is 3.13. The highest BCUT2D eigenvalue weighted by atomic mass is 16.5. The van der Waals surface area contributed by atoms with Gasteiger partial charge in [-0.05, 0) is 13.8 Å². The van der Waals surface area contributed by atoms with Crippen LogP contribution in [-0.4, -0.2) is 12.2 Å². The topological polar surface area (TPSA) is 59.7 Å². The van der Waals surface area contributed by atoms with Gasteiger partial charge in [-0.25, -0.2) is 4.79 Å². The fourth-order valence-electron chi connectivity index (χ4n) is 0.969. The standard InChI is InChI=1S/C9H12O4/c1-5-7(12-3)4-8(6(2)10)13-9(5)11/h4,6,10H,1-3H3/t6-/m0/s1. The van der Waals surface area contributed by atoms with Gasteiger partial charge in [0.15, 0.2) is 0 Å². The highest BCUT2D eigenvalue weighted by Crippen LogP contribution is 2.19. The molecule has 0 radical (unpaired) electrons. The van der Waals surface area contributed by atoms with Crippen molar-refractivity contribution in [2.24, 2.45) is 0 Å². The van der Waals surface area contributed by atoms with Gasteiger partial charge in [0.25, 0.3) is 0 Å². The molecule has 0 fully saturated rings. The molecule has 1 heterocycles. The van der Waals surface area contributed by atoms with Crippen LogP contribution in [-0.2, 0) is 0 Å². The number of ether oxygens (including phenoxy) is 1. The van der Waals surface area contributed by atoms with Crippen LogP contribution in [0.25, 0.3) is 0 Å². The van der Waals surface area contributed by atoms with E-state index in [4.69, 9.17) is 9.15 Å². The number of rotatable bonds is 2. The third-order valence-electron chi connectivity index (χ3n) is 1.79. The summed E-state index contributed by atoms with van der Waals surface area (Å²) in [4.78, 5) is 11.2. The third kappa shape index (κ3) is 1.89. The Kier molecular flexibility index (Phi) is 2.72. The summed E-state index contributed by atoms with van der Waals surface area (Å²) < 4.78 is 9.77. The van der Waals surface area contributed by atoms with Crippen molar-refractivity contribution in [2.75, 3.05) is 7.11 Å². The molecule has 1 atom stereocenters. The predicted molar refractivity (Wildman–Crippen MR) is 46.9 cm³/mol. The average molecular weight is 184 g/mol. The summed E-state index contributed by atoms with van der Waals surface area (Å²) in [5.74, 6) is 0.652. The molecule has 13 heavy (non-hydrogen) atoms. The Labute approximate surface area is 75.8 Å². The van der Waals surface area contributed by atoms with Crippen molar-refractivity contribution in [2.45, 2.75) is 20.0 Å². The molecule has 0 aliphatic carbocycles. The normalized spacial score (nSPS) is 12.6. The molecule has 0 aromatic carbocycles. The monoisotopic (exact) mass is 184 g/mol. The van der Waals surface area contributed by atoms with Gasteiger partial charge < -0.3 is 14.3 Å². The fraction of sp³-hybridized carbons (Fsp3) is 0.444. The number of methoxy groups -OCH3 is 1. The first-order valence-electron chi connectivity index (χ1n) is 3.93. The molecule has 4 nitrogen and oxygen atoms in total. The van der Waals surface area contributed by atoms with Gasteiger partial charge in [0.2, 0.25) is 0 Å². The molecule has 4 heteroatoms. The molecule has 0 aliphatic rings. The van der Waals surface area contributed by atoms with Gasteiger partial charge in [0.05, 0.1) is 12.7 Å². The lowest BCUT2D eigenvalue weighted by Crippen LogP contribution is -2.08. The molecule has 0 bridgehead atoms. The van der Waals surface area contributed by atoms with Gasteiger partial charge in [-0.15, -0.1) is 0 Å². The lowest BCUT2D eigenvalue weighted by molar-refractivity contribution is 0.162. The first kappa shape index (κ1) is 9.80. The highest BCUT2D eigenvalue weighted by Gasteiger charge is 2.11. The van der Waals surface area contributed by atoms with Crippen LogP contribution in [0.2, 0.25) is 0 Å². The fourth-order valence-corrected chi connectivity index (χ4v) is 0.969. The van der Waals surface area contributed by atoms with Crippen LogP contribution in [0, 0.1) is 6.92 Å². The molecule has 0 aliphatic heterocycles. The number of aliphatic hydroxyl groups is 1. The Bertz CT molecular complexity index is 351. The van der Waals surface area contributed by atoms with Crippen molar-refractivity contribution in [3.05, 3.63) is 27.8 Å². The highest BCUT2D eigenvalue weighted by molar-refractivity contribution is 5.30. The zero-order valence-electron chi connectivity index (χ0n) is 7.83. The minimum absolute atomic E-state index is 0.215. The van der Waals surface area contributed by atoms with Crippen molar-refractivity contribution in [1.29, 1.82) is 0 Å². The van der Waals surface area contributed by atoms with E-state index >= 15 is 0 Å². The maximum Gasteiger partial charge on any atom is 0.342 e. The van der Waals surface area contributed by atoms with Crippen molar-refractivity contribution < 1.29 is 14.3 Å². The average Bonchev–Trinajstić information content (AvgIpc) is 2.09. The lowest BCUT2D eigenvalue weighted by Gasteiger charge is -2.07. The molecule has 72 valence electrons. The van der Waals surface area contributed by atoms with Crippen LogP contribution in [0.1, 0.15) is 24.4 Å². The molecule has 0 unspecified atom stereocenters. The molecule has 0 saturated heterocycles. The second kappa shape index (κ2) is 3.62. The zero-order valence-corrected chi connectivity index (χ0v) is 7.83. The van der Waals surface area contributed by atoms with Crippen molar-refractivity contribution in [3.8, 4) is 5.75 Å². The smallest absolute Gasteiger partial charge is 0.342 e. The van der Waals surface area contributed by atoms with Crippen molar-refractivity contribution >= 4 is 0 Å². The molecule has 0 saturated carbocycles. The quantitative estimate of drug-likeness (QED) is 0.745. The summed E-state index contributed by atoms with van der Waals surface area (Å²) >= 11 is 0. The Morgan fingerprint density at radius 2 is 2.23 bits per heavy atom. The molecule has 0 spiro atoms. The van der Waals surface area contributed by atoms with Gasteiger partial charge in [-0.3, -0.25) is 0 Å². The third-order valence-corrected chi connectivity index (χ3v) is 1.79. The Hall–Kier alpha value is -1.29. The van der Waals surface area contributed by atoms with Gasteiger partial charge in [0, 0.05) is 6.07 Å². The Morgan fingerprint density at radius 3 is 2.69 bits per heavy atom. The van der Waals surface area contributed by atoms with E-state index in [9.17, 15) is 9.90 Å². The summed E-state index contributed by atoms with van der Waals surface area (Å²) in [7, 11) is 1.47. The number of hydrogen-bond acceptors (Lipinski definition) is 4. The molecule has 1 aromatic rings. The van der Waals surface area contributed by atoms with E-state index < -0.39 is 11.7 Å². The minimum Gasteiger partial charge on any atom is -0.496 e. The van der Waals surface area contributed by atoms with Gasteiger partial charge in [-0.1, -0.05) is 0 Å². The van der Waals surface area contributed by atoms with E-state index in [1.54, 1.807) is 6.92 Å². The maximum absolute atomic E-state index is 11.2. The minimum atomic E-state index is -0.804. The summed E-state index contributed by atoms with van der Waals surface area (Å²) in [6.07, 6.45) is -0.804. The second-order valence-electron chi connectivity index (χ2n) is 2.81. The molecular weight excluding hydrogens is 172 g/mol. The van der Waals surface area contributed by atoms with E-state index in [2.05, 4.69) is 0 Å². The molecular formula is C9H12O4. The van der Waals surface area contributed by atoms with E-state index in [-0.39, 0.29) is 5.76 Å². The summed E-state index contributed by atoms with van der Waals surface area (Å²) in [5.41, 5.74) is -0.0675. The van der Waals surface area contributed by atoms with Gasteiger partial charge in [0.1, 0.15) is 17.6 Å². The van der Waals surface area contributed by atoms with Gasteiger partial charge in [-0.2, -0.15) is 0 Å². The lowest BCUT2D eigenvalue weighted by atomic mass is 10.2. The summed E-state index contributed by atoms with van der Waals surface area (Å²) in [5, 5.41) is 9.17. The van der Waals surface area contributed by atoms with Crippen LogP contribution < -0.4 is 10.4 Å². The molecule has 0 amide bonds. The Balaban J connectivity index is 3.31. The molecule has 1 rings (SSSR count). The van der Waals surface area contributed by atoms with Crippen LogP contribution >= 0.6 is 0 Å². The van der Waals surface area contributed by atoms with Crippen molar-refractivity contribution in [1.82, 2.24) is 0 Å². The molecule has 1 aromatic heterocycles. The summed E-state index contributed by atoms with van der Waals surface area (Å²) in [6, 6.07) is 1.52. The largest absolute Gasteiger partial charge is 0.496 e. The van der Waals surface area contributed by atoms with E-state index in [1.807, 2.05) is 0 Å². The number of aliphatic hydroxyl groups excluding tert-OH is 1. The maximum atomic E-state index is 11.2. The SMILES string of the molecule is COc1cc([C@H](C)O)oc(=O)c1C. The molecule has 1 N–H and O–H groups in total. The first-order chi connectivity index (χ1) is 6.06. The van der Waals surface area contributed by atoms with Crippen LogP contribution in [0.3, 0.4) is 0 Å². The zero-order chi connectivity index (χ0) is 10.0. The van der Waals surface area contributed by atoms with Gasteiger partial charge >= 0.3 is 5.63 Å². The first-order valence-corrected chi connectivity index (χ1v) is 3.93. The predicted octanol–water partition coefficient (Wildman–Crippen LogP) is 1.01. The van der Waals surface area contributed by atoms with Crippen LogP contribution in [0.5, 0.6) is 5.75 Å².